The van der Waals surface area contributed by atoms with E-state index >= 15 is 0 Å². The first-order valence-electron chi connectivity index (χ1n) is 15.0. The molecule has 0 bridgehead atoms. The molecule has 2 rings (SSSR count). The van der Waals surface area contributed by atoms with Crippen LogP contribution in [0.4, 0.5) is 0 Å². The van der Waals surface area contributed by atoms with Crippen LogP contribution in [0.3, 0.4) is 0 Å². The molecular formula is C24H46N2O23P2. The van der Waals surface area contributed by atoms with Gasteiger partial charge in [-0.2, -0.15) is 0 Å². The van der Waals surface area contributed by atoms with Crippen LogP contribution < -0.4 is 10.6 Å². The van der Waals surface area contributed by atoms with E-state index in [2.05, 4.69) is 24.2 Å². The lowest BCUT2D eigenvalue weighted by Crippen LogP contribution is -2.69. The van der Waals surface area contributed by atoms with Crippen LogP contribution in [-0.2, 0) is 51.0 Å². The Morgan fingerprint density at radius 3 is 1.75 bits per heavy atom. The SMILES string of the molecule is CC(=O)N[C@@H]1[C@@H](O)[C@H](O[C@@H]2O[C@H](CO)[C@@H](OP(=O)(O)OC[C@H](O)COP(=O)(O)OC[C@H](O)[C@H](O)[C@H](O)CO)[C@H](O)[C@H]2NC(C)=O)[C@@H](CO)O[C@@H]1O. The van der Waals surface area contributed by atoms with E-state index < -0.39 is 153 Å². The molecule has 0 aromatic carbocycles. The molecular weight excluding hydrogens is 746 g/mol. The van der Waals surface area contributed by atoms with Crippen molar-refractivity contribution >= 4 is 27.5 Å². The maximum atomic E-state index is 12.8. The molecule has 27 heteroatoms. The molecule has 0 aromatic heterocycles. The van der Waals surface area contributed by atoms with E-state index in [4.69, 9.17) is 23.8 Å². The maximum Gasteiger partial charge on any atom is 0.472 e. The third kappa shape index (κ3) is 13.8. The van der Waals surface area contributed by atoms with Crippen molar-refractivity contribution in [3.05, 3.63) is 0 Å². The van der Waals surface area contributed by atoms with Crippen LogP contribution in [0.25, 0.3) is 0 Å². The molecule has 2 heterocycles. The summed E-state index contributed by atoms with van der Waals surface area (Å²) in [6, 6.07) is -3.18. The summed E-state index contributed by atoms with van der Waals surface area (Å²) in [5, 5.41) is 104. The number of amides is 2. The normalized spacial score (nSPS) is 34.7. The summed E-state index contributed by atoms with van der Waals surface area (Å²) in [6.45, 7) is -4.05. The number of hydrogen-bond donors (Lipinski definition) is 14. The number of aliphatic hydroxyl groups is 10. The smallest absolute Gasteiger partial charge is 0.394 e. The summed E-state index contributed by atoms with van der Waals surface area (Å²) in [5.74, 6) is -1.50. The Bertz CT molecular complexity index is 1200. The number of rotatable bonds is 20. The quantitative estimate of drug-likeness (QED) is 0.0509. The molecule has 25 nitrogen and oxygen atoms in total. The van der Waals surface area contributed by atoms with Gasteiger partial charge in [0, 0.05) is 13.8 Å². The lowest BCUT2D eigenvalue weighted by Gasteiger charge is -2.48. The van der Waals surface area contributed by atoms with Gasteiger partial charge in [-0.25, -0.2) is 9.13 Å². The largest absolute Gasteiger partial charge is 0.472 e. The van der Waals surface area contributed by atoms with Crippen LogP contribution >= 0.6 is 15.6 Å². The van der Waals surface area contributed by atoms with Gasteiger partial charge in [-0.1, -0.05) is 0 Å². The fourth-order valence-corrected chi connectivity index (χ4v) is 6.53. The zero-order valence-corrected chi connectivity index (χ0v) is 28.9. The second-order valence-electron chi connectivity index (χ2n) is 11.4. The fraction of sp³-hybridized carbons (Fsp3) is 0.917. The molecule has 300 valence electrons. The Morgan fingerprint density at radius 1 is 0.725 bits per heavy atom. The highest BCUT2D eigenvalue weighted by Crippen LogP contribution is 2.48. The van der Waals surface area contributed by atoms with Crippen molar-refractivity contribution in [1.29, 1.82) is 0 Å². The molecule has 0 aliphatic carbocycles. The standard InChI is InChI=1S/C24H46N2O23P2/c1-9(30)25-16-19(36)21(14(4-28)46-23(16)38)48-24-17(26-10(2)31)20(37)22(15(5-29)47-24)49-51(41,42)44-7-11(32)6-43-50(39,40)45-8-13(34)18(35)12(33)3-27/h11-24,27-29,32-38H,3-8H2,1-2H3,(H,25,30)(H,26,31)(H,39,40)(H,41,42)/t11-,12-,13+,14-,15-,16-,17-,18-,19-,20-,21-,22-,23+,24+/m1/s1. The van der Waals surface area contributed by atoms with Crippen LogP contribution in [0.15, 0.2) is 0 Å². The van der Waals surface area contributed by atoms with Crippen LogP contribution in [0.5, 0.6) is 0 Å². The molecule has 0 spiro atoms. The van der Waals surface area contributed by atoms with Gasteiger partial charge in [-0.15, -0.1) is 0 Å². The number of phosphoric ester groups is 2. The van der Waals surface area contributed by atoms with Crippen molar-refractivity contribution in [2.75, 3.05) is 39.6 Å². The molecule has 2 unspecified atom stereocenters. The van der Waals surface area contributed by atoms with Crippen molar-refractivity contribution in [3.8, 4) is 0 Å². The monoisotopic (exact) mass is 792 g/mol. The van der Waals surface area contributed by atoms with Crippen molar-refractivity contribution in [2.24, 2.45) is 0 Å². The van der Waals surface area contributed by atoms with E-state index in [1.54, 1.807) is 0 Å². The van der Waals surface area contributed by atoms with Gasteiger partial charge in [0.25, 0.3) is 0 Å². The van der Waals surface area contributed by atoms with Gasteiger partial charge in [0.2, 0.25) is 11.8 Å². The average molecular weight is 793 g/mol. The first-order chi connectivity index (χ1) is 23.7. The molecule has 51 heavy (non-hydrogen) atoms. The van der Waals surface area contributed by atoms with Crippen LogP contribution in [0.2, 0.25) is 0 Å². The summed E-state index contributed by atoms with van der Waals surface area (Å²) in [7, 11) is -10.4. The Kier molecular flexibility index (Phi) is 18.3. The summed E-state index contributed by atoms with van der Waals surface area (Å²) in [4.78, 5) is 43.6. The van der Waals surface area contributed by atoms with E-state index in [9.17, 15) is 74.5 Å². The van der Waals surface area contributed by atoms with Gasteiger partial charge in [-0.3, -0.25) is 27.7 Å². The number of phosphoric acid groups is 2. The number of hydrogen-bond acceptors (Lipinski definition) is 21. The molecule has 2 aliphatic heterocycles. The van der Waals surface area contributed by atoms with Crippen LogP contribution in [0, 0.1) is 0 Å². The molecule has 0 radical (unpaired) electrons. The third-order valence-electron chi connectivity index (χ3n) is 7.26. The zero-order chi connectivity index (χ0) is 38.8. The number of ether oxygens (including phenoxy) is 3. The molecule has 0 aromatic rings. The molecule has 2 amide bonds. The lowest BCUT2D eigenvalue weighted by atomic mass is 9.94. The minimum absolute atomic E-state index is 0.687. The van der Waals surface area contributed by atoms with Crippen molar-refractivity contribution in [1.82, 2.24) is 10.6 Å². The van der Waals surface area contributed by atoms with Gasteiger partial charge in [0.05, 0.1) is 39.6 Å². The van der Waals surface area contributed by atoms with Gasteiger partial charge >= 0.3 is 15.6 Å². The summed E-state index contributed by atoms with van der Waals surface area (Å²) in [5.41, 5.74) is 0. The molecule has 2 aliphatic rings. The lowest BCUT2D eigenvalue weighted by molar-refractivity contribution is -0.326. The fourth-order valence-electron chi connectivity index (χ4n) is 4.76. The maximum absolute atomic E-state index is 12.8. The number of carbonyl (C=O) groups excluding carboxylic acids is 2. The minimum Gasteiger partial charge on any atom is -0.394 e. The summed E-state index contributed by atoms with van der Waals surface area (Å²) < 4.78 is 59.8. The third-order valence-corrected chi connectivity index (χ3v) is 9.19. The molecule has 2 fully saturated rings. The van der Waals surface area contributed by atoms with Crippen LogP contribution in [-0.4, -0.2) is 198 Å². The molecule has 0 saturated carbocycles. The Labute approximate surface area is 289 Å². The topological polar surface area (TPSA) is 400 Å². The van der Waals surface area contributed by atoms with Crippen LogP contribution in [0.1, 0.15) is 13.8 Å². The molecule has 16 atom stereocenters. The highest BCUT2D eigenvalue weighted by molar-refractivity contribution is 7.47. The highest BCUT2D eigenvalue weighted by Gasteiger charge is 2.53. The van der Waals surface area contributed by atoms with Gasteiger partial charge in [-0.05, 0) is 0 Å². The summed E-state index contributed by atoms with van der Waals surface area (Å²) in [6.07, 6.45) is -21.9. The van der Waals surface area contributed by atoms with E-state index in [1.807, 2.05) is 0 Å². The second-order valence-corrected chi connectivity index (χ2v) is 14.2. The van der Waals surface area contributed by atoms with E-state index in [-0.39, 0.29) is 0 Å². The van der Waals surface area contributed by atoms with E-state index in [0.29, 0.717) is 0 Å². The highest BCUT2D eigenvalue weighted by atomic mass is 31.2. The zero-order valence-electron chi connectivity index (χ0n) is 27.1. The van der Waals surface area contributed by atoms with E-state index in [0.717, 1.165) is 13.8 Å². The number of aliphatic hydroxyl groups excluding tert-OH is 10. The first-order valence-corrected chi connectivity index (χ1v) is 18.0. The minimum atomic E-state index is -5.33. The number of carbonyl (C=O) groups is 2. The summed E-state index contributed by atoms with van der Waals surface area (Å²) >= 11 is 0. The molecule has 14 N–H and O–H groups in total. The molecule has 2 saturated heterocycles. The van der Waals surface area contributed by atoms with Crippen molar-refractivity contribution < 1.29 is 112 Å². The average Bonchev–Trinajstić information content (AvgIpc) is 3.06. The Morgan fingerprint density at radius 2 is 1.22 bits per heavy atom. The van der Waals surface area contributed by atoms with Gasteiger partial charge < -0.3 is 85.7 Å². The Hall–Kier alpha value is -1.36. The number of nitrogens with one attached hydrogen (secondary N) is 2. The van der Waals surface area contributed by atoms with Gasteiger partial charge in [0.15, 0.2) is 12.6 Å². The predicted octanol–water partition coefficient (Wildman–Crippen LogP) is -7.40. The van der Waals surface area contributed by atoms with Crippen molar-refractivity contribution in [2.45, 2.75) is 99.6 Å². The van der Waals surface area contributed by atoms with Crippen molar-refractivity contribution in [3.63, 3.8) is 0 Å². The second kappa shape index (κ2) is 20.4. The Balaban J connectivity index is 2.08. The van der Waals surface area contributed by atoms with E-state index in [1.165, 1.54) is 0 Å². The van der Waals surface area contributed by atoms with Gasteiger partial charge in [0.1, 0.15) is 73.1 Å². The predicted molar refractivity (Wildman–Crippen MR) is 159 cm³/mol. The first kappa shape index (κ1) is 45.8.